The van der Waals surface area contributed by atoms with Gasteiger partial charge in [-0.25, -0.2) is 13.8 Å². The number of alkyl halides is 2. The first-order valence-electron chi connectivity index (χ1n) is 8.42. The van der Waals surface area contributed by atoms with Gasteiger partial charge in [0, 0.05) is 37.9 Å². The van der Waals surface area contributed by atoms with Gasteiger partial charge in [0.2, 0.25) is 11.8 Å². The molecule has 1 amide bonds. The summed E-state index contributed by atoms with van der Waals surface area (Å²) in [5.74, 6) is -3.16. The van der Waals surface area contributed by atoms with Crippen molar-refractivity contribution in [3.8, 4) is 5.88 Å². The van der Waals surface area contributed by atoms with Crippen molar-refractivity contribution in [2.24, 2.45) is 0 Å². The van der Waals surface area contributed by atoms with E-state index in [2.05, 4.69) is 20.4 Å². The maximum Gasteiger partial charge on any atom is 0.278 e. The normalized spacial score (nSPS) is 11.6. The fourth-order valence-corrected chi connectivity index (χ4v) is 2.79. The number of hydrogen-bond acceptors (Lipinski definition) is 5. The van der Waals surface area contributed by atoms with Crippen LogP contribution in [0.2, 0.25) is 5.02 Å². The van der Waals surface area contributed by atoms with Crippen LogP contribution in [0, 0.1) is 0 Å². The molecule has 3 aromatic rings. The molecule has 0 atom stereocenters. The van der Waals surface area contributed by atoms with Crippen molar-refractivity contribution >= 4 is 28.4 Å². The van der Waals surface area contributed by atoms with E-state index in [1.165, 1.54) is 6.20 Å². The zero-order chi connectivity index (χ0) is 20.3. The molecule has 0 aromatic carbocycles. The smallest absolute Gasteiger partial charge is 0.278 e. The average Bonchev–Trinajstić information content (AvgIpc) is 3.03. The fourth-order valence-electron chi connectivity index (χ4n) is 2.55. The lowest BCUT2D eigenvalue weighted by atomic mass is 10.2. The standard InChI is InChI=1S/C18H18ClF2N5O2/c1-18(20,21)10-28-17-13(19)5-11(7-24-17)8-26-9-12-14(25-26)3-4-23-15(12)6-16(27)22-2/h3-5,7,9H,6,8,10H2,1-2H3,(H,22,27). The molecule has 3 rings (SSSR count). The van der Waals surface area contributed by atoms with Crippen LogP contribution in [-0.2, 0) is 17.8 Å². The van der Waals surface area contributed by atoms with Gasteiger partial charge < -0.3 is 10.1 Å². The number of aromatic nitrogens is 4. The van der Waals surface area contributed by atoms with E-state index < -0.39 is 12.5 Å². The summed E-state index contributed by atoms with van der Waals surface area (Å²) in [6, 6.07) is 3.35. The summed E-state index contributed by atoms with van der Waals surface area (Å²) < 4.78 is 32.4. The molecule has 0 aliphatic rings. The lowest BCUT2D eigenvalue weighted by Gasteiger charge is -2.12. The Morgan fingerprint density at radius 1 is 1.39 bits per heavy atom. The third kappa shape index (κ3) is 4.92. The quantitative estimate of drug-likeness (QED) is 0.649. The molecule has 7 nitrogen and oxygen atoms in total. The number of carbonyl (C=O) groups is 1. The highest BCUT2D eigenvalue weighted by Gasteiger charge is 2.23. The van der Waals surface area contributed by atoms with Crippen LogP contribution in [0.3, 0.4) is 0 Å². The molecule has 148 valence electrons. The van der Waals surface area contributed by atoms with Crippen LogP contribution >= 0.6 is 11.6 Å². The molecule has 0 unspecified atom stereocenters. The molecular weight excluding hydrogens is 392 g/mol. The van der Waals surface area contributed by atoms with Crippen molar-refractivity contribution in [1.29, 1.82) is 0 Å². The van der Waals surface area contributed by atoms with E-state index in [-0.39, 0.29) is 23.2 Å². The highest BCUT2D eigenvalue weighted by molar-refractivity contribution is 6.31. The van der Waals surface area contributed by atoms with Gasteiger partial charge in [0.1, 0.15) is 5.02 Å². The minimum absolute atomic E-state index is 0.0466. The van der Waals surface area contributed by atoms with Crippen LogP contribution < -0.4 is 10.1 Å². The van der Waals surface area contributed by atoms with Gasteiger partial charge >= 0.3 is 0 Å². The number of carbonyl (C=O) groups excluding carboxylic acids is 1. The minimum atomic E-state index is -2.97. The molecule has 0 saturated carbocycles. The first-order valence-corrected chi connectivity index (χ1v) is 8.79. The van der Waals surface area contributed by atoms with Crippen molar-refractivity contribution < 1.29 is 18.3 Å². The van der Waals surface area contributed by atoms with Gasteiger partial charge in [0.15, 0.2) is 6.61 Å². The molecule has 0 spiro atoms. The second-order valence-electron chi connectivity index (χ2n) is 6.36. The van der Waals surface area contributed by atoms with Gasteiger partial charge in [-0.15, -0.1) is 0 Å². The molecule has 28 heavy (non-hydrogen) atoms. The second kappa shape index (κ2) is 8.05. The van der Waals surface area contributed by atoms with Gasteiger partial charge in [-0.2, -0.15) is 5.10 Å². The number of fused-ring (bicyclic) bond motifs is 1. The third-order valence-electron chi connectivity index (χ3n) is 3.84. The van der Waals surface area contributed by atoms with Gasteiger partial charge in [0.05, 0.1) is 24.2 Å². The minimum Gasteiger partial charge on any atom is -0.470 e. The van der Waals surface area contributed by atoms with Gasteiger partial charge in [-0.3, -0.25) is 14.5 Å². The first-order chi connectivity index (χ1) is 13.2. The molecule has 0 aliphatic heterocycles. The van der Waals surface area contributed by atoms with E-state index in [4.69, 9.17) is 16.3 Å². The summed E-state index contributed by atoms with van der Waals surface area (Å²) in [4.78, 5) is 19.9. The molecule has 3 aromatic heterocycles. The zero-order valence-electron chi connectivity index (χ0n) is 15.2. The predicted molar refractivity (Wildman–Crippen MR) is 99.8 cm³/mol. The number of nitrogens with zero attached hydrogens (tertiary/aromatic N) is 4. The number of rotatable bonds is 7. The summed E-state index contributed by atoms with van der Waals surface area (Å²) in [7, 11) is 1.57. The number of hydrogen-bond donors (Lipinski definition) is 1. The molecule has 3 heterocycles. The Balaban J connectivity index is 1.78. The molecule has 0 aliphatic carbocycles. The largest absolute Gasteiger partial charge is 0.470 e. The summed E-state index contributed by atoms with van der Waals surface area (Å²) in [5.41, 5.74) is 2.05. The second-order valence-corrected chi connectivity index (χ2v) is 6.76. The van der Waals surface area contributed by atoms with E-state index >= 15 is 0 Å². The van der Waals surface area contributed by atoms with E-state index in [9.17, 15) is 13.6 Å². The van der Waals surface area contributed by atoms with E-state index in [1.807, 2.05) is 0 Å². The lowest BCUT2D eigenvalue weighted by molar-refractivity contribution is -0.119. The first kappa shape index (κ1) is 19.9. The third-order valence-corrected chi connectivity index (χ3v) is 4.11. The van der Waals surface area contributed by atoms with Gasteiger partial charge in [-0.1, -0.05) is 11.6 Å². The molecule has 10 heteroatoms. The molecule has 1 N–H and O–H groups in total. The summed E-state index contributed by atoms with van der Waals surface area (Å²) in [5, 5.41) is 7.95. The van der Waals surface area contributed by atoms with Crippen LogP contribution in [0.4, 0.5) is 8.78 Å². The van der Waals surface area contributed by atoms with E-state index in [0.29, 0.717) is 23.3 Å². The monoisotopic (exact) mass is 409 g/mol. The van der Waals surface area contributed by atoms with Gasteiger partial charge in [-0.05, 0) is 17.7 Å². The van der Waals surface area contributed by atoms with Crippen LogP contribution in [0.1, 0.15) is 18.2 Å². The molecule has 0 saturated heterocycles. The predicted octanol–water partition coefficient (Wildman–Crippen LogP) is 2.85. The number of ether oxygens (including phenoxy) is 1. The number of likely N-dealkylation sites (N-methyl/N-ethyl adjacent to an activating group) is 1. The Labute approximate surface area is 164 Å². The van der Waals surface area contributed by atoms with E-state index in [0.717, 1.165) is 12.3 Å². The van der Waals surface area contributed by atoms with Crippen molar-refractivity contribution in [2.45, 2.75) is 25.8 Å². The Morgan fingerprint density at radius 3 is 2.86 bits per heavy atom. The Bertz CT molecular complexity index is 1000. The average molecular weight is 410 g/mol. The van der Waals surface area contributed by atoms with Crippen LogP contribution in [0.5, 0.6) is 5.88 Å². The Morgan fingerprint density at radius 2 is 2.18 bits per heavy atom. The number of pyridine rings is 2. The van der Waals surface area contributed by atoms with Crippen molar-refractivity contribution in [3.63, 3.8) is 0 Å². The van der Waals surface area contributed by atoms with Crippen LogP contribution in [0.15, 0.2) is 30.7 Å². The highest BCUT2D eigenvalue weighted by atomic mass is 35.5. The van der Waals surface area contributed by atoms with Crippen LogP contribution in [-0.4, -0.2) is 45.2 Å². The van der Waals surface area contributed by atoms with E-state index in [1.54, 1.807) is 36.3 Å². The topological polar surface area (TPSA) is 81.9 Å². The lowest BCUT2D eigenvalue weighted by Crippen LogP contribution is -2.21. The number of amides is 1. The summed E-state index contributed by atoms with van der Waals surface area (Å²) in [6.45, 7) is 0.306. The van der Waals surface area contributed by atoms with Gasteiger partial charge in [0.25, 0.3) is 5.92 Å². The summed E-state index contributed by atoms with van der Waals surface area (Å²) >= 11 is 6.09. The zero-order valence-corrected chi connectivity index (χ0v) is 16.0. The highest BCUT2D eigenvalue weighted by Crippen LogP contribution is 2.25. The Kier molecular flexibility index (Phi) is 5.73. The molecule has 0 fully saturated rings. The number of halogens is 3. The maximum atomic E-state index is 12.9. The summed E-state index contributed by atoms with van der Waals surface area (Å²) in [6.07, 6.45) is 5.04. The van der Waals surface area contributed by atoms with Crippen molar-refractivity contribution in [3.05, 3.63) is 47.0 Å². The van der Waals surface area contributed by atoms with Crippen LogP contribution in [0.25, 0.3) is 10.9 Å². The Hall–Kier alpha value is -2.81. The molecule has 0 radical (unpaired) electrons. The fraction of sp³-hybridized carbons (Fsp3) is 0.333. The number of nitrogens with one attached hydrogen (secondary N) is 1. The van der Waals surface area contributed by atoms with Crippen molar-refractivity contribution in [2.75, 3.05) is 13.7 Å². The molecular formula is C18H18ClF2N5O2. The SMILES string of the molecule is CNC(=O)Cc1nccc2nn(Cc3cnc(OCC(C)(F)F)c(Cl)c3)cc12. The maximum absolute atomic E-state index is 12.9. The van der Waals surface area contributed by atoms with Crippen molar-refractivity contribution in [1.82, 2.24) is 25.1 Å². The molecule has 0 bridgehead atoms.